The molecule has 1 aliphatic heterocycles. The lowest BCUT2D eigenvalue weighted by molar-refractivity contribution is 0.204. The monoisotopic (exact) mass is 1050 g/mol. The average molecular weight is 1050 g/mol. The largest absolute Gasteiger partial charge is 0.456 e. The first-order valence-corrected chi connectivity index (χ1v) is 28.4. The highest BCUT2D eigenvalue weighted by Crippen LogP contribution is 2.57. The van der Waals surface area contributed by atoms with Crippen LogP contribution in [0.4, 0.5) is 0 Å². The number of hydrogen-bond donors (Lipinski definition) is 3. The molecule has 1 aliphatic carbocycles. The zero-order valence-corrected chi connectivity index (χ0v) is 44.7. The number of benzene rings is 12. The van der Waals surface area contributed by atoms with E-state index in [1.54, 1.807) is 0 Å². The summed E-state index contributed by atoms with van der Waals surface area (Å²) in [5.74, 6) is 0. The van der Waals surface area contributed by atoms with Gasteiger partial charge in [-0.25, -0.2) is 0 Å². The summed E-state index contributed by atoms with van der Waals surface area (Å²) >= 11 is 0. The van der Waals surface area contributed by atoms with E-state index in [0.29, 0.717) is 0 Å². The molecule has 0 bridgehead atoms. The van der Waals surface area contributed by atoms with Gasteiger partial charge in [0.25, 0.3) is 0 Å². The fourth-order valence-electron chi connectivity index (χ4n) is 14.1. The van der Waals surface area contributed by atoms with Crippen molar-refractivity contribution in [2.24, 2.45) is 0 Å². The van der Waals surface area contributed by atoms with Crippen molar-refractivity contribution < 1.29 is 4.42 Å². The summed E-state index contributed by atoms with van der Waals surface area (Å²) in [5.41, 5.74) is 21.4. The van der Waals surface area contributed by atoms with Gasteiger partial charge in [0, 0.05) is 49.8 Å². The summed E-state index contributed by atoms with van der Waals surface area (Å²) < 4.78 is 11.8. The molecule has 0 spiro atoms. The molecule has 2 aliphatic rings. The van der Waals surface area contributed by atoms with Crippen LogP contribution in [0.15, 0.2) is 290 Å². The van der Waals surface area contributed by atoms with Gasteiger partial charge in [0.1, 0.15) is 11.2 Å². The lowest BCUT2D eigenvalue weighted by Crippen LogP contribution is -2.54. The maximum atomic E-state index is 7.01. The van der Waals surface area contributed by atoms with Gasteiger partial charge in [-0.2, -0.15) is 0 Å². The van der Waals surface area contributed by atoms with Gasteiger partial charge < -0.3 is 13.6 Å². The van der Waals surface area contributed by atoms with Crippen LogP contribution in [0.1, 0.15) is 57.4 Å². The number of aromatic nitrogens is 2. The van der Waals surface area contributed by atoms with E-state index in [1.807, 2.05) is 0 Å². The second kappa shape index (κ2) is 18.5. The summed E-state index contributed by atoms with van der Waals surface area (Å²) in [6.07, 6.45) is -0.714. The number of hydrogen-bond acceptors (Lipinski definition) is 4. The molecule has 1 fully saturated rings. The molecule has 3 N–H and O–H groups in total. The van der Waals surface area contributed by atoms with Crippen molar-refractivity contribution in [3.63, 3.8) is 0 Å². The summed E-state index contributed by atoms with van der Waals surface area (Å²) in [4.78, 5) is 0. The molecule has 6 heteroatoms. The summed E-state index contributed by atoms with van der Waals surface area (Å²) in [6, 6.07) is 104. The zero-order valence-electron chi connectivity index (χ0n) is 44.7. The molecule has 6 nitrogen and oxygen atoms in total. The Morgan fingerprint density at radius 1 is 0.317 bits per heavy atom. The Labute approximate surface area is 474 Å². The van der Waals surface area contributed by atoms with Gasteiger partial charge in [0.05, 0.1) is 46.0 Å². The van der Waals surface area contributed by atoms with Crippen molar-refractivity contribution in [3.8, 4) is 33.6 Å². The zero-order chi connectivity index (χ0) is 53.9. The molecular weight excluding hydrogens is 999 g/mol. The Balaban J connectivity index is 0.826. The van der Waals surface area contributed by atoms with E-state index < -0.39 is 5.41 Å². The average Bonchev–Trinajstić information content (AvgIpc) is 3.14. The Hall–Kier alpha value is -10.1. The van der Waals surface area contributed by atoms with Crippen molar-refractivity contribution in [1.29, 1.82) is 0 Å². The van der Waals surface area contributed by atoms with Crippen molar-refractivity contribution >= 4 is 65.6 Å². The maximum Gasteiger partial charge on any atom is 0.137 e. The van der Waals surface area contributed by atoms with E-state index in [2.05, 4.69) is 310 Å². The van der Waals surface area contributed by atoms with E-state index in [0.717, 1.165) is 72.0 Å². The third-order valence-electron chi connectivity index (χ3n) is 17.7. The van der Waals surface area contributed by atoms with Gasteiger partial charge in [0.15, 0.2) is 0 Å². The van der Waals surface area contributed by atoms with Gasteiger partial charge in [-0.3, -0.25) is 16.0 Å². The fourth-order valence-corrected chi connectivity index (χ4v) is 14.1. The van der Waals surface area contributed by atoms with E-state index in [1.165, 1.54) is 66.1 Å². The molecule has 0 radical (unpaired) electrons. The fraction of sp³-hybridized carbons (Fsp3) is 0.0526. The van der Waals surface area contributed by atoms with Crippen LogP contribution in [0, 0.1) is 0 Å². The lowest BCUT2D eigenvalue weighted by atomic mass is 9.67. The second-order valence-electron chi connectivity index (χ2n) is 22.1. The molecule has 17 rings (SSSR count). The molecular formula is C76H53N5O. The van der Waals surface area contributed by atoms with Crippen molar-refractivity contribution in [3.05, 3.63) is 324 Å². The highest BCUT2D eigenvalue weighted by atomic mass is 16.3. The number of para-hydroxylation sites is 3. The van der Waals surface area contributed by atoms with Gasteiger partial charge in [-0.05, 0) is 128 Å². The molecule has 0 amide bonds. The van der Waals surface area contributed by atoms with Crippen molar-refractivity contribution in [2.75, 3.05) is 0 Å². The van der Waals surface area contributed by atoms with Crippen LogP contribution in [0.5, 0.6) is 0 Å². The number of fused-ring (bicyclic) bond motifs is 12. The van der Waals surface area contributed by atoms with Gasteiger partial charge in [-0.1, -0.05) is 212 Å². The second-order valence-corrected chi connectivity index (χ2v) is 22.1. The van der Waals surface area contributed by atoms with Gasteiger partial charge in [-0.15, -0.1) is 0 Å². The first kappa shape index (κ1) is 46.8. The van der Waals surface area contributed by atoms with Crippen LogP contribution in [-0.4, -0.2) is 9.13 Å². The number of rotatable bonds is 8. The van der Waals surface area contributed by atoms with Crippen LogP contribution in [0.2, 0.25) is 0 Å². The quantitative estimate of drug-likeness (QED) is 0.142. The molecule has 4 heterocycles. The van der Waals surface area contributed by atoms with Crippen LogP contribution < -0.4 is 16.0 Å². The first-order chi connectivity index (χ1) is 40.7. The SMILES string of the molecule is c1ccc(C2NC(c3ccc4c(c3)C(c3ccccc3)(c3ccccc3)c3ccccc3-4)NC(c3cccc4oc5cc6c(cc5c34)c3cc(-c4ccc5c(c4)c4ccccc4n5-c4ccccc4)ccc3n6-c3ccccc3)N2)cc1. The van der Waals surface area contributed by atoms with E-state index in [-0.39, 0.29) is 18.5 Å². The predicted molar refractivity (Wildman–Crippen MR) is 336 cm³/mol. The minimum Gasteiger partial charge on any atom is -0.456 e. The van der Waals surface area contributed by atoms with Gasteiger partial charge in [0.2, 0.25) is 0 Å². The van der Waals surface area contributed by atoms with Crippen LogP contribution in [0.3, 0.4) is 0 Å². The molecule has 388 valence electrons. The summed E-state index contributed by atoms with van der Waals surface area (Å²) in [6.45, 7) is 0. The first-order valence-electron chi connectivity index (χ1n) is 28.4. The smallest absolute Gasteiger partial charge is 0.137 e. The molecule has 0 saturated carbocycles. The lowest BCUT2D eigenvalue weighted by Gasteiger charge is -2.40. The molecule has 1 saturated heterocycles. The molecule has 15 aromatic rings. The van der Waals surface area contributed by atoms with Crippen LogP contribution in [-0.2, 0) is 5.41 Å². The molecule has 82 heavy (non-hydrogen) atoms. The van der Waals surface area contributed by atoms with E-state index >= 15 is 0 Å². The Morgan fingerprint density at radius 2 is 0.841 bits per heavy atom. The standard InChI is InChI=1S/C76H53N5O/c1-6-21-48(22-7-1)73-77-74(51-37-40-57-56-31-16-18-34-64(56)76(65(57)45-51,52-23-8-2-9-24-52)53-25-10-3-11-26-53)79-75(78-73)59-33-20-36-70-72(59)63-46-62-61-44-50(39-42-68(61)81(55-29-14-5-15-30-55)69(62)47-71(63)82-70)49-38-41-67-60(43-49)58-32-17-19-35-66(58)80(67)54-27-12-4-13-28-54/h1-47,73-75,77-79H. The molecule has 3 atom stereocenters. The van der Waals surface area contributed by atoms with E-state index in [9.17, 15) is 0 Å². The molecule has 3 aromatic heterocycles. The number of nitrogens with zero attached hydrogens (tertiary/aromatic N) is 2. The predicted octanol–water partition coefficient (Wildman–Crippen LogP) is 18.0. The van der Waals surface area contributed by atoms with Crippen molar-refractivity contribution in [1.82, 2.24) is 25.1 Å². The van der Waals surface area contributed by atoms with Gasteiger partial charge >= 0.3 is 0 Å². The normalized spacial score (nSPS) is 16.6. The Morgan fingerprint density at radius 3 is 1.52 bits per heavy atom. The van der Waals surface area contributed by atoms with Crippen molar-refractivity contribution in [2.45, 2.75) is 23.9 Å². The van der Waals surface area contributed by atoms with E-state index in [4.69, 9.17) is 4.42 Å². The minimum atomic E-state index is -0.523. The van der Waals surface area contributed by atoms with Crippen LogP contribution in [0.25, 0.3) is 99.2 Å². The minimum absolute atomic E-state index is 0.188. The van der Waals surface area contributed by atoms with Crippen LogP contribution >= 0.6 is 0 Å². The maximum absolute atomic E-state index is 7.01. The molecule has 12 aromatic carbocycles. The number of furan rings is 1. The third-order valence-corrected chi connectivity index (χ3v) is 17.7. The topological polar surface area (TPSA) is 59.1 Å². The summed E-state index contributed by atoms with van der Waals surface area (Å²) in [7, 11) is 0. The Kier molecular flexibility index (Phi) is 10.6. The third kappa shape index (κ3) is 7.06. The molecule has 3 unspecified atom stereocenters. The highest BCUT2D eigenvalue weighted by Gasteiger charge is 2.46. The Bertz CT molecular complexity index is 4930. The summed E-state index contributed by atoms with van der Waals surface area (Å²) in [5, 5.41) is 19.2. The number of nitrogens with one attached hydrogen (secondary N) is 3. The highest BCUT2D eigenvalue weighted by molar-refractivity contribution is 6.19.